The van der Waals surface area contributed by atoms with E-state index in [0.29, 0.717) is 0 Å². The fourth-order valence-electron chi connectivity index (χ4n) is 4.39. The Morgan fingerprint density at radius 3 is 0.900 bits per heavy atom. The fraction of sp³-hybridized carbons (Fsp3) is 0.966. The Labute approximate surface area is 192 Å². The molecule has 0 aromatic rings. The van der Waals surface area contributed by atoms with Gasteiger partial charge in [0.2, 0.25) is 0 Å². The molecule has 0 aliphatic rings. The molecule has 0 unspecified atom stereocenters. The smallest absolute Gasteiger partial charge is 0.0836 e. The highest BCUT2D eigenvalue weighted by Gasteiger charge is 1.96. The van der Waals surface area contributed by atoms with Gasteiger partial charge in [-0.1, -0.05) is 161 Å². The molecule has 0 N–H and O–H groups in total. The Morgan fingerprint density at radius 1 is 0.367 bits per heavy atom. The van der Waals surface area contributed by atoms with Crippen LogP contribution in [0.5, 0.6) is 0 Å². The molecule has 0 aromatic carbocycles. The summed E-state index contributed by atoms with van der Waals surface area (Å²) in [5.41, 5.74) is 0. The topological polar surface area (TPSA) is 9.23 Å². The number of unbranched alkanes of at least 4 members (excludes halogenated alkanes) is 24. The molecule has 0 saturated carbocycles. The Hall–Kier alpha value is -0.0400. The van der Waals surface area contributed by atoms with Crippen molar-refractivity contribution >= 4 is 0 Å². The van der Waals surface area contributed by atoms with E-state index < -0.39 is 0 Å². The Balaban J connectivity index is 2.97. The third kappa shape index (κ3) is 28.0. The molecule has 0 heterocycles. The number of hydrogen-bond donors (Lipinski definition) is 0. The van der Waals surface area contributed by atoms with Gasteiger partial charge in [-0.15, -0.1) is 0 Å². The zero-order valence-corrected chi connectivity index (χ0v) is 21.4. The number of rotatable bonds is 27. The van der Waals surface area contributed by atoms with Gasteiger partial charge < -0.3 is 4.74 Å². The van der Waals surface area contributed by atoms with Crippen molar-refractivity contribution in [1.29, 1.82) is 0 Å². The molecule has 30 heavy (non-hydrogen) atoms. The minimum absolute atomic E-state index is 0.819. The molecule has 1 heteroatoms. The summed E-state index contributed by atoms with van der Waals surface area (Å²) in [6, 6.07) is 0. The van der Waals surface area contributed by atoms with Gasteiger partial charge in [-0.05, 0) is 13.3 Å². The average molecular weight is 424 g/mol. The first-order valence-electron chi connectivity index (χ1n) is 14.3. The largest absolute Gasteiger partial charge is 0.376 e. The lowest BCUT2D eigenvalue weighted by molar-refractivity contribution is 0.205. The van der Waals surface area contributed by atoms with Gasteiger partial charge >= 0.3 is 0 Å². The maximum atomic E-state index is 5.26. The first-order chi connectivity index (χ1) is 14.9. The quantitative estimate of drug-likeness (QED) is 0.119. The molecule has 0 bridgehead atoms. The Kier molecular flexibility index (Phi) is 28.9. The van der Waals surface area contributed by atoms with E-state index >= 15 is 0 Å². The predicted octanol–water partition coefficient (Wildman–Crippen LogP) is 11.0. The lowest BCUT2D eigenvalue weighted by atomic mass is 10.0. The van der Waals surface area contributed by atoms with Gasteiger partial charge in [-0.2, -0.15) is 0 Å². The lowest BCUT2D eigenvalue weighted by Crippen LogP contribution is -1.87. The maximum Gasteiger partial charge on any atom is 0.0836 e. The van der Waals surface area contributed by atoms with Crippen LogP contribution >= 0.6 is 0 Å². The Bertz CT molecular complexity index is 248. The Morgan fingerprint density at radius 2 is 0.633 bits per heavy atom. The summed E-state index contributed by atoms with van der Waals surface area (Å²) in [7, 11) is 0. The molecule has 0 spiro atoms. The van der Waals surface area contributed by atoms with Crippen LogP contribution in [0.15, 0.2) is 0 Å². The third-order valence-electron chi connectivity index (χ3n) is 6.46. The van der Waals surface area contributed by atoms with Crippen molar-refractivity contribution in [1.82, 2.24) is 0 Å². The normalized spacial score (nSPS) is 11.4. The van der Waals surface area contributed by atoms with Gasteiger partial charge in [-0.25, -0.2) is 0 Å². The van der Waals surface area contributed by atoms with Crippen molar-refractivity contribution in [2.75, 3.05) is 6.61 Å². The van der Waals surface area contributed by atoms with Crippen molar-refractivity contribution in [2.24, 2.45) is 0 Å². The van der Waals surface area contributed by atoms with E-state index in [2.05, 4.69) is 13.8 Å². The second-order valence-corrected chi connectivity index (χ2v) is 9.54. The van der Waals surface area contributed by atoms with Crippen molar-refractivity contribution in [3.05, 3.63) is 6.61 Å². The van der Waals surface area contributed by atoms with E-state index in [1.807, 2.05) is 6.61 Å². The van der Waals surface area contributed by atoms with Crippen LogP contribution in [0, 0.1) is 6.61 Å². The highest BCUT2D eigenvalue weighted by molar-refractivity contribution is 4.53. The van der Waals surface area contributed by atoms with Gasteiger partial charge in [0, 0.05) is 6.61 Å². The standard InChI is InChI=1S/C29H59O/c1-3-5-6-7-8-9-10-11-12-13-14-15-16-17-18-19-20-21-22-23-24-25-26-27-28-29-30-4-2/h29H,3-28H2,1-2H3. The van der Waals surface area contributed by atoms with E-state index in [0.717, 1.165) is 13.0 Å². The summed E-state index contributed by atoms with van der Waals surface area (Å²) in [6.45, 7) is 7.16. The van der Waals surface area contributed by atoms with Crippen LogP contribution in [0.4, 0.5) is 0 Å². The number of ether oxygens (including phenoxy) is 1. The number of hydrogen-bond acceptors (Lipinski definition) is 1. The third-order valence-corrected chi connectivity index (χ3v) is 6.46. The maximum absolute atomic E-state index is 5.26. The minimum atomic E-state index is 0.819. The van der Waals surface area contributed by atoms with Crippen LogP contribution in [-0.2, 0) is 4.74 Å². The highest BCUT2D eigenvalue weighted by atomic mass is 16.5. The van der Waals surface area contributed by atoms with Gasteiger partial charge in [0.05, 0.1) is 6.61 Å². The molecule has 1 nitrogen and oxygen atoms in total. The predicted molar refractivity (Wildman–Crippen MR) is 137 cm³/mol. The SMILES string of the molecule is CCCCCCCCCCCCCCCCCCCCCCCCCC[CH]OCC. The zero-order chi connectivity index (χ0) is 21.8. The fourth-order valence-corrected chi connectivity index (χ4v) is 4.39. The lowest BCUT2D eigenvalue weighted by Gasteiger charge is -2.04. The second-order valence-electron chi connectivity index (χ2n) is 9.54. The van der Waals surface area contributed by atoms with E-state index in [9.17, 15) is 0 Å². The summed E-state index contributed by atoms with van der Waals surface area (Å²) in [6.07, 6.45) is 36.1. The van der Waals surface area contributed by atoms with E-state index in [1.165, 1.54) is 154 Å². The molecule has 0 aromatic heterocycles. The average Bonchev–Trinajstić information content (AvgIpc) is 2.76. The van der Waals surface area contributed by atoms with Crippen molar-refractivity contribution in [2.45, 2.75) is 174 Å². The monoisotopic (exact) mass is 423 g/mol. The molecule has 181 valence electrons. The van der Waals surface area contributed by atoms with Crippen molar-refractivity contribution in [3.8, 4) is 0 Å². The van der Waals surface area contributed by atoms with Gasteiger partial charge in [0.15, 0.2) is 0 Å². The van der Waals surface area contributed by atoms with Gasteiger partial charge in [0.1, 0.15) is 0 Å². The van der Waals surface area contributed by atoms with Crippen molar-refractivity contribution < 1.29 is 4.74 Å². The first-order valence-corrected chi connectivity index (χ1v) is 14.3. The molecule has 0 saturated heterocycles. The summed E-state index contributed by atoms with van der Waals surface area (Å²) < 4.78 is 5.26. The molecular formula is C29H59O. The van der Waals surface area contributed by atoms with Crippen LogP contribution in [0.25, 0.3) is 0 Å². The molecule has 0 fully saturated rings. The van der Waals surface area contributed by atoms with Crippen LogP contribution in [-0.4, -0.2) is 6.61 Å². The molecule has 0 aliphatic heterocycles. The van der Waals surface area contributed by atoms with Crippen molar-refractivity contribution in [3.63, 3.8) is 0 Å². The van der Waals surface area contributed by atoms with E-state index in [4.69, 9.17) is 4.74 Å². The molecule has 0 aliphatic carbocycles. The van der Waals surface area contributed by atoms with Crippen LogP contribution in [0.1, 0.15) is 174 Å². The molecule has 1 radical (unpaired) electrons. The van der Waals surface area contributed by atoms with Gasteiger partial charge in [0.25, 0.3) is 0 Å². The molecular weight excluding hydrogens is 364 g/mol. The zero-order valence-electron chi connectivity index (χ0n) is 21.4. The summed E-state index contributed by atoms with van der Waals surface area (Å²) in [5, 5.41) is 0. The minimum Gasteiger partial charge on any atom is -0.376 e. The first kappa shape index (κ1) is 30.0. The van der Waals surface area contributed by atoms with Gasteiger partial charge in [-0.3, -0.25) is 0 Å². The highest BCUT2D eigenvalue weighted by Crippen LogP contribution is 2.15. The molecule has 0 atom stereocenters. The summed E-state index contributed by atoms with van der Waals surface area (Å²) in [5.74, 6) is 0. The second kappa shape index (κ2) is 29.0. The van der Waals surface area contributed by atoms with E-state index in [1.54, 1.807) is 0 Å². The van der Waals surface area contributed by atoms with Crippen LogP contribution in [0.3, 0.4) is 0 Å². The summed E-state index contributed by atoms with van der Waals surface area (Å²) in [4.78, 5) is 0. The molecule has 0 rings (SSSR count). The molecule has 0 amide bonds. The summed E-state index contributed by atoms with van der Waals surface area (Å²) >= 11 is 0. The van der Waals surface area contributed by atoms with Crippen LogP contribution < -0.4 is 0 Å². The van der Waals surface area contributed by atoms with Crippen LogP contribution in [0.2, 0.25) is 0 Å². The van der Waals surface area contributed by atoms with E-state index in [-0.39, 0.29) is 0 Å².